The van der Waals surface area contributed by atoms with Gasteiger partial charge in [-0.15, -0.1) is 0 Å². The third-order valence-electron chi connectivity index (χ3n) is 6.13. The molecule has 4 rings (SSSR count). The monoisotopic (exact) mass is 453 g/mol. The highest BCUT2D eigenvalue weighted by atomic mass is 19.4. The number of hydrogen-bond donors (Lipinski definition) is 1. The number of benzene rings is 2. The minimum atomic E-state index is -4.61. The van der Waals surface area contributed by atoms with Crippen molar-refractivity contribution in [1.29, 1.82) is 5.26 Å². The Bertz CT molecular complexity index is 1230. The number of nitriles is 1. The fraction of sp³-hybridized carbons (Fsp3) is 0.292. The van der Waals surface area contributed by atoms with Crippen LogP contribution < -0.4 is 10.6 Å². The van der Waals surface area contributed by atoms with E-state index in [0.717, 1.165) is 23.0 Å². The molecule has 2 atom stereocenters. The molecular weight excluding hydrogens is 431 g/mol. The van der Waals surface area contributed by atoms with E-state index in [1.165, 1.54) is 18.2 Å². The zero-order chi connectivity index (χ0) is 23.8. The maximum atomic E-state index is 13.7. The van der Waals surface area contributed by atoms with Gasteiger partial charge in [0.05, 0.1) is 41.7 Å². The summed E-state index contributed by atoms with van der Waals surface area (Å²) in [6.07, 6.45) is -0.897. The van der Waals surface area contributed by atoms with Crippen LogP contribution in [0.1, 0.15) is 33.9 Å². The Hall–Kier alpha value is -3.80. The first-order valence-corrected chi connectivity index (χ1v) is 10.4. The molecule has 0 saturated carbocycles. The Morgan fingerprint density at radius 3 is 2.70 bits per heavy atom. The summed E-state index contributed by atoms with van der Waals surface area (Å²) in [5.74, 6) is -2.46. The van der Waals surface area contributed by atoms with Gasteiger partial charge in [0, 0.05) is 25.5 Å². The maximum Gasteiger partial charge on any atom is 0.416 e. The van der Waals surface area contributed by atoms with E-state index < -0.39 is 29.5 Å². The minimum absolute atomic E-state index is 0.122. The number of halogens is 3. The first-order chi connectivity index (χ1) is 15.7. The van der Waals surface area contributed by atoms with Gasteiger partial charge in [0.25, 0.3) is 0 Å². The van der Waals surface area contributed by atoms with Crippen molar-refractivity contribution in [3.63, 3.8) is 0 Å². The molecule has 9 heteroatoms. The molecule has 0 saturated heterocycles. The molecule has 170 valence electrons. The van der Waals surface area contributed by atoms with Gasteiger partial charge < -0.3 is 15.2 Å². The van der Waals surface area contributed by atoms with Crippen molar-refractivity contribution in [2.45, 2.75) is 25.1 Å². The van der Waals surface area contributed by atoms with Gasteiger partial charge in [-0.2, -0.15) is 18.4 Å². The number of primary amides is 1. The van der Waals surface area contributed by atoms with E-state index in [4.69, 9.17) is 5.73 Å². The number of anilines is 1. The molecule has 2 N–H and O–H groups in total. The average molecular weight is 453 g/mol. The molecule has 0 fully saturated rings. The molecule has 2 unspecified atom stereocenters. The standard InChI is InChI=1S/C24H22F3N5O/c1-31-14-30-11-18(31)13-32-12-17(9-16-8-15(10-28)6-7-21(16)32)22(23(29)33)19-4-2-3-5-20(19)24(25,26)27/h2-8,11,14,17,22H,9,12-13H2,1H3,(H2,29,33). The molecule has 2 aromatic carbocycles. The van der Waals surface area contributed by atoms with E-state index >= 15 is 0 Å². The van der Waals surface area contributed by atoms with Crippen LogP contribution in [0.4, 0.5) is 18.9 Å². The van der Waals surface area contributed by atoms with Crippen LogP contribution in [0.3, 0.4) is 0 Å². The number of carbonyl (C=O) groups excluding carboxylic acids is 1. The van der Waals surface area contributed by atoms with E-state index in [-0.39, 0.29) is 5.56 Å². The van der Waals surface area contributed by atoms with Crippen molar-refractivity contribution in [2.24, 2.45) is 18.7 Å². The summed E-state index contributed by atoms with van der Waals surface area (Å²) >= 11 is 0. The van der Waals surface area contributed by atoms with Crippen molar-refractivity contribution in [3.8, 4) is 6.07 Å². The summed E-state index contributed by atoms with van der Waals surface area (Å²) in [7, 11) is 1.86. The van der Waals surface area contributed by atoms with Crippen LogP contribution in [-0.2, 0) is 31.0 Å². The van der Waals surface area contributed by atoms with Gasteiger partial charge in [0.1, 0.15) is 0 Å². The van der Waals surface area contributed by atoms with Gasteiger partial charge in [-0.1, -0.05) is 18.2 Å². The molecule has 1 aromatic heterocycles. The second-order valence-electron chi connectivity index (χ2n) is 8.26. The molecule has 3 aromatic rings. The number of nitrogens with two attached hydrogens (primary N) is 1. The number of fused-ring (bicyclic) bond motifs is 1. The predicted octanol–water partition coefficient (Wildman–Crippen LogP) is 3.76. The number of aromatic nitrogens is 2. The number of carbonyl (C=O) groups is 1. The van der Waals surface area contributed by atoms with Gasteiger partial charge in [-0.05, 0) is 47.7 Å². The molecule has 1 aliphatic heterocycles. The summed E-state index contributed by atoms with van der Waals surface area (Å²) in [5, 5.41) is 9.34. The van der Waals surface area contributed by atoms with Gasteiger partial charge in [0.15, 0.2) is 0 Å². The fourth-order valence-electron chi connectivity index (χ4n) is 4.63. The summed E-state index contributed by atoms with van der Waals surface area (Å²) in [5.41, 5.74) is 7.74. The van der Waals surface area contributed by atoms with Gasteiger partial charge in [-0.25, -0.2) is 4.98 Å². The zero-order valence-corrected chi connectivity index (χ0v) is 17.9. The molecule has 1 amide bonds. The Morgan fingerprint density at radius 1 is 1.30 bits per heavy atom. The van der Waals surface area contributed by atoms with E-state index in [0.29, 0.717) is 25.1 Å². The number of alkyl halides is 3. The SMILES string of the molecule is Cn1cncc1CN1CC(C(C(N)=O)c2ccccc2C(F)(F)F)Cc2cc(C#N)ccc21. The lowest BCUT2D eigenvalue weighted by Gasteiger charge is -2.39. The summed E-state index contributed by atoms with van der Waals surface area (Å²) in [6.45, 7) is 0.766. The zero-order valence-electron chi connectivity index (χ0n) is 17.9. The Kier molecular flexibility index (Phi) is 5.85. The first kappa shape index (κ1) is 22.4. The second kappa shape index (κ2) is 8.62. The third-order valence-corrected chi connectivity index (χ3v) is 6.13. The number of nitrogens with zero attached hydrogens (tertiary/aromatic N) is 4. The molecule has 0 aliphatic carbocycles. The van der Waals surface area contributed by atoms with E-state index in [2.05, 4.69) is 11.1 Å². The van der Waals surface area contributed by atoms with Crippen molar-refractivity contribution in [1.82, 2.24) is 9.55 Å². The van der Waals surface area contributed by atoms with Crippen molar-refractivity contribution in [2.75, 3.05) is 11.4 Å². The average Bonchev–Trinajstić information content (AvgIpc) is 3.17. The van der Waals surface area contributed by atoms with Crippen LogP contribution in [0.25, 0.3) is 0 Å². The largest absolute Gasteiger partial charge is 0.416 e. The Balaban J connectivity index is 1.79. The number of amides is 1. The predicted molar refractivity (Wildman–Crippen MR) is 116 cm³/mol. The van der Waals surface area contributed by atoms with E-state index in [1.807, 2.05) is 22.6 Å². The lowest BCUT2D eigenvalue weighted by atomic mass is 9.77. The highest BCUT2D eigenvalue weighted by molar-refractivity contribution is 5.83. The van der Waals surface area contributed by atoms with Crippen molar-refractivity contribution in [3.05, 3.63) is 82.9 Å². The third kappa shape index (κ3) is 4.42. The molecule has 0 bridgehead atoms. The van der Waals surface area contributed by atoms with Gasteiger partial charge >= 0.3 is 6.18 Å². The van der Waals surface area contributed by atoms with Crippen LogP contribution in [0.5, 0.6) is 0 Å². The molecule has 6 nitrogen and oxygen atoms in total. The van der Waals surface area contributed by atoms with Gasteiger partial charge in [-0.3, -0.25) is 4.79 Å². The topological polar surface area (TPSA) is 87.9 Å². The van der Waals surface area contributed by atoms with Crippen molar-refractivity contribution >= 4 is 11.6 Å². The van der Waals surface area contributed by atoms with E-state index in [1.54, 1.807) is 24.7 Å². The highest BCUT2D eigenvalue weighted by Crippen LogP contribution is 2.42. The van der Waals surface area contributed by atoms with Crippen LogP contribution in [-0.4, -0.2) is 22.0 Å². The lowest BCUT2D eigenvalue weighted by molar-refractivity contribution is -0.138. The molecule has 33 heavy (non-hydrogen) atoms. The fourth-order valence-corrected chi connectivity index (χ4v) is 4.63. The normalized spacial score (nSPS) is 16.7. The molecule has 2 heterocycles. The van der Waals surface area contributed by atoms with Gasteiger partial charge in [0.2, 0.25) is 5.91 Å². The summed E-state index contributed by atoms with van der Waals surface area (Å²) in [4.78, 5) is 18.7. The van der Waals surface area contributed by atoms with E-state index in [9.17, 15) is 23.2 Å². The number of hydrogen-bond acceptors (Lipinski definition) is 4. The highest BCUT2D eigenvalue weighted by Gasteiger charge is 2.41. The maximum absolute atomic E-state index is 13.7. The summed E-state index contributed by atoms with van der Waals surface area (Å²) < 4.78 is 43.1. The number of rotatable bonds is 5. The van der Waals surface area contributed by atoms with Crippen LogP contribution >= 0.6 is 0 Å². The quantitative estimate of drug-likeness (QED) is 0.637. The number of aryl methyl sites for hydroxylation is 1. The van der Waals surface area contributed by atoms with Crippen LogP contribution in [0.2, 0.25) is 0 Å². The van der Waals surface area contributed by atoms with Crippen molar-refractivity contribution < 1.29 is 18.0 Å². The Morgan fingerprint density at radius 2 is 2.06 bits per heavy atom. The molecule has 0 radical (unpaired) electrons. The number of imidazole rings is 1. The van der Waals surface area contributed by atoms with Crippen LogP contribution in [0, 0.1) is 17.2 Å². The molecular formula is C24H22F3N5O. The minimum Gasteiger partial charge on any atom is -0.369 e. The second-order valence-corrected chi connectivity index (χ2v) is 8.26. The first-order valence-electron chi connectivity index (χ1n) is 10.4. The summed E-state index contributed by atoms with van der Waals surface area (Å²) in [6, 6.07) is 12.5. The smallest absolute Gasteiger partial charge is 0.369 e. The Labute approximate surface area is 189 Å². The lowest BCUT2D eigenvalue weighted by Crippen LogP contribution is -2.42. The molecule has 1 aliphatic rings. The van der Waals surface area contributed by atoms with Crippen LogP contribution in [0.15, 0.2) is 55.0 Å². The molecule has 0 spiro atoms.